The van der Waals surface area contributed by atoms with E-state index in [-0.39, 0.29) is 18.6 Å². The van der Waals surface area contributed by atoms with Gasteiger partial charge in [0.15, 0.2) is 12.3 Å². The minimum atomic E-state index is -1.14. The van der Waals surface area contributed by atoms with Crippen molar-refractivity contribution in [2.45, 2.75) is 45.6 Å². The maximum absolute atomic E-state index is 12.3. The van der Waals surface area contributed by atoms with Crippen LogP contribution < -0.4 is 11.2 Å². The summed E-state index contributed by atoms with van der Waals surface area (Å²) in [7, 11) is 1.20. The molecule has 2 heterocycles. The number of nitrogens with zero attached hydrogens (tertiary/aromatic N) is 1. The highest BCUT2D eigenvalue weighted by molar-refractivity contribution is 5.70. The van der Waals surface area contributed by atoms with Crippen LogP contribution in [0.15, 0.2) is 15.8 Å². The van der Waals surface area contributed by atoms with E-state index in [9.17, 15) is 24.0 Å². The number of aromatic nitrogens is 2. The molecule has 28 heavy (non-hydrogen) atoms. The monoisotopic (exact) mass is 398 g/mol. The first kappa shape index (κ1) is 21.4. The van der Waals surface area contributed by atoms with E-state index in [1.807, 2.05) is 0 Å². The molecule has 1 saturated heterocycles. The molecule has 0 radical (unpaired) electrons. The maximum atomic E-state index is 12.3. The number of hydrogen-bond acceptors (Lipinski definition) is 9. The van der Waals surface area contributed by atoms with Crippen molar-refractivity contribution in [3.8, 4) is 0 Å². The molecule has 1 aromatic rings. The molecule has 11 heteroatoms. The largest absolute Gasteiger partial charge is 0.469 e. The van der Waals surface area contributed by atoms with Crippen LogP contribution >= 0.6 is 0 Å². The van der Waals surface area contributed by atoms with Crippen LogP contribution in [0, 0.1) is 12.8 Å². The van der Waals surface area contributed by atoms with Crippen molar-refractivity contribution in [2.24, 2.45) is 5.92 Å². The fourth-order valence-electron chi connectivity index (χ4n) is 3.00. The smallest absolute Gasteiger partial charge is 0.330 e. The zero-order valence-electron chi connectivity index (χ0n) is 15.9. The highest BCUT2D eigenvalue weighted by Gasteiger charge is 2.49. The Labute approximate surface area is 159 Å². The van der Waals surface area contributed by atoms with E-state index >= 15 is 0 Å². The highest BCUT2D eigenvalue weighted by atomic mass is 16.6. The molecule has 2 rings (SSSR count). The number of hydrogen-bond donors (Lipinski definition) is 1. The number of aromatic amines is 1. The SMILES string of the molecule is COC(=O)C[C@H]1[C@@H](OC(C)=O)[C@H](n2cc(C)c(=O)[nH]c2=O)O[C@@H]1COC(C)=O. The van der Waals surface area contributed by atoms with Crippen molar-refractivity contribution >= 4 is 17.9 Å². The van der Waals surface area contributed by atoms with E-state index < -0.39 is 53.5 Å². The van der Waals surface area contributed by atoms with Crippen LogP contribution in [0.1, 0.15) is 32.1 Å². The lowest BCUT2D eigenvalue weighted by atomic mass is 9.94. The maximum Gasteiger partial charge on any atom is 0.330 e. The number of carbonyl (C=O) groups is 3. The summed E-state index contributed by atoms with van der Waals surface area (Å²) in [5.41, 5.74) is -1.11. The number of aryl methyl sites for hydroxylation is 1. The molecule has 4 atom stereocenters. The predicted molar refractivity (Wildman–Crippen MR) is 92.3 cm³/mol. The Balaban J connectivity index is 2.47. The standard InChI is InChI=1S/C17H22N2O9/c1-8-6-19(17(24)18-15(8)23)16-14(27-10(3)21)11(5-13(22)25-4)12(28-16)7-26-9(2)20/h6,11-12,14,16H,5,7H2,1-4H3,(H,18,23,24)/t11-,12-,14-,16-/m1/s1. The van der Waals surface area contributed by atoms with Crippen molar-refractivity contribution in [3.05, 3.63) is 32.6 Å². The third kappa shape index (κ3) is 4.85. The first-order chi connectivity index (χ1) is 13.1. The van der Waals surface area contributed by atoms with Crippen molar-refractivity contribution < 1.29 is 33.3 Å². The molecule has 1 N–H and O–H groups in total. The summed E-state index contributed by atoms with van der Waals surface area (Å²) in [6, 6.07) is 0. The van der Waals surface area contributed by atoms with Gasteiger partial charge in [0.2, 0.25) is 0 Å². The number of nitrogens with one attached hydrogen (secondary N) is 1. The van der Waals surface area contributed by atoms with Gasteiger partial charge in [-0.05, 0) is 6.92 Å². The van der Waals surface area contributed by atoms with Crippen LogP contribution in [0.5, 0.6) is 0 Å². The summed E-state index contributed by atoms with van der Waals surface area (Å²) in [5, 5.41) is 0. The van der Waals surface area contributed by atoms with Gasteiger partial charge in [0.05, 0.1) is 13.5 Å². The Hall–Kier alpha value is -2.95. The minimum Gasteiger partial charge on any atom is -0.469 e. The van der Waals surface area contributed by atoms with E-state index in [0.29, 0.717) is 0 Å². The molecule has 0 saturated carbocycles. The van der Waals surface area contributed by atoms with Crippen LogP contribution in [-0.2, 0) is 33.3 Å². The second-order valence-electron chi connectivity index (χ2n) is 6.36. The van der Waals surface area contributed by atoms with Crippen LogP contribution in [0.25, 0.3) is 0 Å². The van der Waals surface area contributed by atoms with E-state index in [1.165, 1.54) is 34.1 Å². The lowest BCUT2D eigenvalue weighted by Crippen LogP contribution is -2.39. The van der Waals surface area contributed by atoms with Gasteiger partial charge < -0.3 is 18.9 Å². The zero-order valence-corrected chi connectivity index (χ0v) is 15.9. The van der Waals surface area contributed by atoms with E-state index in [0.717, 1.165) is 4.57 Å². The van der Waals surface area contributed by atoms with E-state index in [4.69, 9.17) is 14.2 Å². The summed E-state index contributed by atoms with van der Waals surface area (Å²) in [5.74, 6) is -2.56. The van der Waals surface area contributed by atoms with Gasteiger partial charge in [0, 0.05) is 31.5 Å². The highest BCUT2D eigenvalue weighted by Crippen LogP contribution is 2.38. The molecular weight excluding hydrogens is 376 g/mol. The zero-order chi connectivity index (χ0) is 21.0. The van der Waals surface area contributed by atoms with Crippen LogP contribution in [0.4, 0.5) is 0 Å². The molecule has 1 fully saturated rings. The van der Waals surface area contributed by atoms with Crippen molar-refractivity contribution in [1.82, 2.24) is 9.55 Å². The van der Waals surface area contributed by atoms with Crippen LogP contribution in [-0.4, -0.2) is 53.4 Å². The van der Waals surface area contributed by atoms with Gasteiger partial charge in [-0.15, -0.1) is 0 Å². The number of carbonyl (C=O) groups excluding carboxylic acids is 3. The number of methoxy groups -OCH3 is 1. The number of H-pyrrole nitrogens is 1. The average Bonchev–Trinajstić information content (AvgIpc) is 2.93. The van der Waals surface area contributed by atoms with Gasteiger partial charge in [-0.25, -0.2) is 4.79 Å². The third-order valence-corrected chi connectivity index (χ3v) is 4.30. The van der Waals surface area contributed by atoms with E-state index in [2.05, 4.69) is 9.72 Å². The minimum absolute atomic E-state index is 0.200. The van der Waals surface area contributed by atoms with Gasteiger partial charge >= 0.3 is 23.6 Å². The average molecular weight is 398 g/mol. The fourth-order valence-corrected chi connectivity index (χ4v) is 3.00. The number of ether oxygens (including phenoxy) is 4. The molecule has 0 aromatic carbocycles. The Morgan fingerprint density at radius 2 is 1.89 bits per heavy atom. The molecule has 1 aromatic heterocycles. The number of esters is 3. The molecule has 0 amide bonds. The second-order valence-corrected chi connectivity index (χ2v) is 6.36. The van der Waals surface area contributed by atoms with E-state index in [1.54, 1.807) is 0 Å². The number of rotatable bonds is 6. The van der Waals surface area contributed by atoms with Crippen molar-refractivity contribution in [2.75, 3.05) is 13.7 Å². The Morgan fingerprint density at radius 3 is 2.46 bits per heavy atom. The van der Waals surface area contributed by atoms with Gasteiger partial charge in [0.1, 0.15) is 12.7 Å². The molecular formula is C17H22N2O9. The van der Waals surface area contributed by atoms with Crippen LogP contribution in [0.3, 0.4) is 0 Å². The summed E-state index contributed by atoms with van der Waals surface area (Å²) in [4.78, 5) is 60.7. The fraction of sp³-hybridized carbons (Fsp3) is 0.588. The molecule has 0 spiro atoms. The topological polar surface area (TPSA) is 143 Å². The van der Waals surface area contributed by atoms with Crippen molar-refractivity contribution in [3.63, 3.8) is 0 Å². The molecule has 154 valence electrons. The molecule has 0 bridgehead atoms. The molecule has 11 nitrogen and oxygen atoms in total. The lowest BCUT2D eigenvalue weighted by Gasteiger charge is -2.23. The predicted octanol–water partition coefficient (Wildman–Crippen LogP) is -0.583. The van der Waals surface area contributed by atoms with Gasteiger partial charge in [-0.3, -0.25) is 28.7 Å². The normalized spacial score (nSPS) is 23.9. The molecule has 0 aliphatic carbocycles. The molecule has 1 aliphatic rings. The first-order valence-corrected chi connectivity index (χ1v) is 8.49. The second kappa shape index (κ2) is 8.83. The quantitative estimate of drug-likeness (QED) is 0.491. The summed E-state index contributed by atoms with van der Waals surface area (Å²) < 4.78 is 21.9. The molecule has 1 aliphatic heterocycles. The summed E-state index contributed by atoms with van der Waals surface area (Å²) >= 11 is 0. The molecule has 0 unspecified atom stereocenters. The lowest BCUT2D eigenvalue weighted by molar-refractivity contribution is -0.156. The Morgan fingerprint density at radius 1 is 1.21 bits per heavy atom. The van der Waals surface area contributed by atoms with Gasteiger partial charge in [-0.2, -0.15) is 0 Å². The summed E-state index contributed by atoms with van der Waals surface area (Å²) in [6.45, 7) is 3.66. The van der Waals surface area contributed by atoms with Crippen LogP contribution in [0.2, 0.25) is 0 Å². The Kier molecular flexibility index (Phi) is 6.73. The Bertz CT molecular complexity index is 872. The first-order valence-electron chi connectivity index (χ1n) is 8.49. The summed E-state index contributed by atoms with van der Waals surface area (Å²) in [6.07, 6.45) is -1.97. The van der Waals surface area contributed by atoms with Gasteiger partial charge in [-0.1, -0.05) is 0 Å². The third-order valence-electron chi connectivity index (χ3n) is 4.30. The van der Waals surface area contributed by atoms with Crippen molar-refractivity contribution in [1.29, 1.82) is 0 Å². The van der Waals surface area contributed by atoms with Gasteiger partial charge in [0.25, 0.3) is 5.56 Å².